The number of anilines is 2. The van der Waals surface area contributed by atoms with Gasteiger partial charge in [0.2, 0.25) is 0 Å². The van der Waals surface area contributed by atoms with Crippen LogP contribution < -0.4 is 10.2 Å². The van der Waals surface area contributed by atoms with Crippen molar-refractivity contribution in [1.29, 1.82) is 0 Å². The molecule has 3 rings (SSSR count). The highest BCUT2D eigenvalue weighted by Gasteiger charge is 2.29. The van der Waals surface area contributed by atoms with Crippen molar-refractivity contribution in [3.63, 3.8) is 0 Å². The van der Waals surface area contributed by atoms with Gasteiger partial charge in [0.05, 0.1) is 4.92 Å². The maximum atomic E-state index is 12.3. The van der Waals surface area contributed by atoms with Crippen molar-refractivity contribution in [2.75, 3.05) is 57.0 Å². The number of hydrogen-bond acceptors (Lipinski definition) is 6. The standard InChI is InChI=1S/C20H27N5O4S/c1-22(2)30(28,29)24-14-12-23(13-15-24)18-8-9-20(25(26)27)19(16-18)21-11-10-17-6-4-3-5-7-17/h3-9,16,21H,10-15H2,1-2H3. The second kappa shape index (κ2) is 9.41. The van der Waals surface area contributed by atoms with E-state index in [2.05, 4.69) is 5.32 Å². The molecule has 2 aromatic carbocycles. The molecule has 10 heteroatoms. The second-order valence-electron chi connectivity index (χ2n) is 7.30. The van der Waals surface area contributed by atoms with E-state index in [9.17, 15) is 18.5 Å². The summed E-state index contributed by atoms with van der Waals surface area (Å²) in [6.45, 7) is 2.36. The number of nitro groups is 1. The largest absolute Gasteiger partial charge is 0.379 e. The first-order chi connectivity index (χ1) is 14.3. The lowest BCUT2D eigenvalue weighted by Gasteiger charge is -2.36. The summed E-state index contributed by atoms with van der Waals surface area (Å²) in [5.41, 5.74) is 2.49. The van der Waals surface area contributed by atoms with Crippen LogP contribution >= 0.6 is 0 Å². The first-order valence-electron chi connectivity index (χ1n) is 9.78. The van der Waals surface area contributed by atoms with Crippen molar-refractivity contribution in [2.45, 2.75) is 6.42 Å². The smallest absolute Gasteiger partial charge is 0.292 e. The van der Waals surface area contributed by atoms with Gasteiger partial charge >= 0.3 is 0 Å². The summed E-state index contributed by atoms with van der Waals surface area (Å²) in [6.07, 6.45) is 0.753. The van der Waals surface area contributed by atoms with Gasteiger partial charge in [0, 0.05) is 58.6 Å². The Balaban J connectivity index is 1.69. The SMILES string of the molecule is CN(C)S(=O)(=O)N1CCN(c2ccc([N+](=O)[O-])c(NCCc3ccccc3)c2)CC1. The summed E-state index contributed by atoms with van der Waals surface area (Å²) in [6, 6.07) is 14.9. The summed E-state index contributed by atoms with van der Waals surface area (Å²) in [5.74, 6) is 0. The topological polar surface area (TPSA) is 99.0 Å². The summed E-state index contributed by atoms with van der Waals surface area (Å²) in [5, 5.41) is 14.6. The Labute approximate surface area is 177 Å². The fraction of sp³-hybridized carbons (Fsp3) is 0.400. The Morgan fingerprint density at radius 3 is 2.33 bits per heavy atom. The van der Waals surface area contributed by atoms with Gasteiger partial charge in [0.1, 0.15) is 5.69 Å². The van der Waals surface area contributed by atoms with Crippen LogP contribution in [0.3, 0.4) is 0 Å². The molecule has 0 amide bonds. The Morgan fingerprint density at radius 1 is 1.07 bits per heavy atom. The Bertz CT molecular complexity index is 974. The lowest BCUT2D eigenvalue weighted by molar-refractivity contribution is -0.383. The average molecular weight is 434 g/mol. The van der Waals surface area contributed by atoms with E-state index >= 15 is 0 Å². The second-order valence-corrected chi connectivity index (χ2v) is 9.44. The number of benzene rings is 2. The lowest BCUT2D eigenvalue weighted by Crippen LogP contribution is -2.51. The molecule has 1 fully saturated rings. The molecule has 1 aliphatic heterocycles. The van der Waals surface area contributed by atoms with Crippen LogP contribution in [-0.2, 0) is 16.6 Å². The third-order valence-electron chi connectivity index (χ3n) is 5.14. The quantitative estimate of drug-likeness (QED) is 0.506. The molecular weight excluding hydrogens is 406 g/mol. The maximum absolute atomic E-state index is 12.3. The molecule has 0 unspecified atom stereocenters. The fourth-order valence-electron chi connectivity index (χ4n) is 3.42. The molecule has 0 spiro atoms. The molecule has 1 saturated heterocycles. The van der Waals surface area contributed by atoms with E-state index < -0.39 is 15.1 Å². The monoisotopic (exact) mass is 433 g/mol. The van der Waals surface area contributed by atoms with Gasteiger partial charge < -0.3 is 10.2 Å². The van der Waals surface area contributed by atoms with E-state index in [1.165, 1.54) is 28.8 Å². The number of piperazine rings is 1. The molecule has 162 valence electrons. The van der Waals surface area contributed by atoms with Gasteiger partial charge in [-0.05, 0) is 24.1 Å². The summed E-state index contributed by atoms with van der Waals surface area (Å²) >= 11 is 0. The number of nitro benzene ring substituents is 1. The first-order valence-corrected chi connectivity index (χ1v) is 11.2. The molecule has 0 radical (unpaired) electrons. The van der Waals surface area contributed by atoms with Gasteiger partial charge in [0.15, 0.2) is 0 Å². The fourth-order valence-corrected chi connectivity index (χ4v) is 4.50. The van der Waals surface area contributed by atoms with Crippen molar-refractivity contribution in [1.82, 2.24) is 8.61 Å². The van der Waals surface area contributed by atoms with Gasteiger partial charge in [-0.1, -0.05) is 30.3 Å². The Morgan fingerprint density at radius 2 is 1.73 bits per heavy atom. The normalized spacial score (nSPS) is 15.4. The molecule has 1 N–H and O–H groups in total. The average Bonchev–Trinajstić information content (AvgIpc) is 2.74. The van der Waals surface area contributed by atoms with Crippen molar-refractivity contribution >= 4 is 27.3 Å². The predicted molar refractivity (Wildman–Crippen MR) is 118 cm³/mol. The van der Waals surface area contributed by atoms with Crippen LogP contribution in [0.1, 0.15) is 5.56 Å². The molecule has 9 nitrogen and oxygen atoms in total. The van der Waals surface area contributed by atoms with Gasteiger partial charge in [-0.3, -0.25) is 10.1 Å². The molecule has 0 atom stereocenters. The van der Waals surface area contributed by atoms with Crippen molar-refractivity contribution < 1.29 is 13.3 Å². The lowest BCUT2D eigenvalue weighted by atomic mass is 10.1. The highest BCUT2D eigenvalue weighted by Crippen LogP contribution is 2.30. The molecule has 2 aromatic rings. The van der Waals surface area contributed by atoms with E-state index in [-0.39, 0.29) is 5.69 Å². The van der Waals surface area contributed by atoms with Crippen LogP contribution in [0.4, 0.5) is 17.1 Å². The number of hydrogen-bond donors (Lipinski definition) is 1. The third kappa shape index (κ3) is 5.07. The summed E-state index contributed by atoms with van der Waals surface area (Å²) < 4.78 is 27.2. The van der Waals surface area contributed by atoms with Crippen LogP contribution in [0.2, 0.25) is 0 Å². The molecule has 0 saturated carbocycles. The zero-order valence-electron chi connectivity index (χ0n) is 17.2. The minimum atomic E-state index is -3.43. The molecule has 1 heterocycles. The van der Waals surface area contributed by atoms with Crippen LogP contribution in [0.5, 0.6) is 0 Å². The van der Waals surface area contributed by atoms with Crippen LogP contribution in [0, 0.1) is 10.1 Å². The van der Waals surface area contributed by atoms with Crippen molar-refractivity contribution in [2.24, 2.45) is 0 Å². The van der Waals surface area contributed by atoms with Crippen LogP contribution in [0.25, 0.3) is 0 Å². The highest BCUT2D eigenvalue weighted by atomic mass is 32.2. The molecule has 0 bridgehead atoms. The molecular formula is C20H27N5O4S. The molecule has 0 aliphatic carbocycles. The molecule has 0 aromatic heterocycles. The maximum Gasteiger partial charge on any atom is 0.292 e. The Hall–Kier alpha value is -2.69. The minimum absolute atomic E-state index is 0.0284. The van der Waals surface area contributed by atoms with Gasteiger partial charge in [-0.15, -0.1) is 0 Å². The predicted octanol–water partition coefficient (Wildman–Crippen LogP) is 2.18. The van der Waals surface area contributed by atoms with Crippen LogP contribution in [0.15, 0.2) is 48.5 Å². The zero-order chi connectivity index (χ0) is 21.7. The number of rotatable bonds is 8. The summed E-state index contributed by atoms with van der Waals surface area (Å²) in [7, 11) is -0.393. The van der Waals surface area contributed by atoms with Gasteiger partial charge in [-0.2, -0.15) is 17.0 Å². The van der Waals surface area contributed by atoms with E-state index in [0.717, 1.165) is 17.7 Å². The highest BCUT2D eigenvalue weighted by molar-refractivity contribution is 7.86. The van der Waals surface area contributed by atoms with Gasteiger partial charge in [0.25, 0.3) is 15.9 Å². The van der Waals surface area contributed by atoms with Crippen LogP contribution in [-0.4, -0.2) is 68.8 Å². The minimum Gasteiger partial charge on any atom is -0.379 e. The molecule has 30 heavy (non-hydrogen) atoms. The van der Waals surface area contributed by atoms with E-state index in [4.69, 9.17) is 0 Å². The first kappa shape index (κ1) is 22.0. The number of nitrogens with zero attached hydrogens (tertiary/aromatic N) is 4. The van der Waals surface area contributed by atoms with Crippen molar-refractivity contribution in [3.05, 3.63) is 64.2 Å². The van der Waals surface area contributed by atoms with Gasteiger partial charge in [-0.25, -0.2) is 0 Å². The van der Waals surface area contributed by atoms with E-state index in [1.54, 1.807) is 12.1 Å². The number of nitrogens with one attached hydrogen (secondary N) is 1. The van der Waals surface area contributed by atoms with E-state index in [0.29, 0.717) is 38.4 Å². The zero-order valence-corrected chi connectivity index (χ0v) is 18.0. The van der Waals surface area contributed by atoms with E-state index in [1.807, 2.05) is 35.2 Å². The third-order valence-corrected chi connectivity index (χ3v) is 7.08. The van der Waals surface area contributed by atoms with Crippen molar-refractivity contribution in [3.8, 4) is 0 Å². The summed E-state index contributed by atoms with van der Waals surface area (Å²) in [4.78, 5) is 13.1. The molecule has 1 aliphatic rings. The Kier molecular flexibility index (Phi) is 6.91.